The molecule has 2 amide bonds. The fraction of sp³-hybridized carbons (Fsp3) is 0. The smallest absolute Gasteiger partial charge is 0.268 e. The maximum Gasteiger partial charge on any atom is 0.269 e. The summed E-state index contributed by atoms with van der Waals surface area (Å²) >= 11 is 11.8. The molecule has 0 unspecified atom stereocenters. The van der Waals surface area contributed by atoms with Crippen LogP contribution in [0.2, 0.25) is 10.0 Å². The van der Waals surface area contributed by atoms with E-state index in [0.717, 1.165) is 0 Å². The number of benzene rings is 2. The zero-order valence-corrected chi connectivity index (χ0v) is 12.9. The first-order chi connectivity index (χ1) is 10.6. The van der Waals surface area contributed by atoms with Crippen molar-refractivity contribution in [2.75, 3.05) is 0 Å². The number of amides is 2. The largest absolute Gasteiger partial charge is 0.269 e. The molecular weight excluding hydrogens is 323 g/mol. The van der Waals surface area contributed by atoms with E-state index in [1.54, 1.807) is 48.5 Å². The van der Waals surface area contributed by atoms with Crippen LogP contribution in [0.1, 0.15) is 15.9 Å². The molecule has 0 aliphatic rings. The van der Waals surface area contributed by atoms with E-state index in [1.807, 2.05) is 0 Å². The summed E-state index contributed by atoms with van der Waals surface area (Å²) in [5, 5.41) is 0.951. The van der Waals surface area contributed by atoms with Crippen molar-refractivity contribution < 1.29 is 9.59 Å². The number of nitrogens with one attached hydrogen (secondary N) is 2. The van der Waals surface area contributed by atoms with Gasteiger partial charge in [0.1, 0.15) is 0 Å². The fourth-order valence-electron chi connectivity index (χ4n) is 1.62. The summed E-state index contributed by atoms with van der Waals surface area (Å²) in [5.74, 6) is -0.873. The van der Waals surface area contributed by atoms with Gasteiger partial charge in [-0.15, -0.1) is 0 Å². The Labute approximate surface area is 137 Å². The second kappa shape index (κ2) is 7.64. The van der Waals surface area contributed by atoms with Gasteiger partial charge in [0.2, 0.25) is 0 Å². The predicted octanol–water partition coefficient (Wildman–Crippen LogP) is 3.47. The van der Waals surface area contributed by atoms with Gasteiger partial charge in [-0.1, -0.05) is 47.5 Å². The van der Waals surface area contributed by atoms with E-state index in [0.29, 0.717) is 21.2 Å². The minimum Gasteiger partial charge on any atom is -0.268 e. The van der Waals surface area contributed by atoms with Crippen molar-refractivity contribution in [3.8, 4) is 0 Å². The molecule has 0 fully saturated rings. The first-order valence-electron chi connectivity index (χ1n) is 6.35. The van der Waals surface area contributed by atoms with Gasteiger partial charge in [0.25, 0.3) is 11.8 Å². The highest BCUT2D eigenvalue weighted by Gasteiger charge is 2.05. The highest BCUT2D eigenvalue weighted by molar-refractivity contribution is 6.35. The Bertz CT molecular complexity index is 715. The van der Waals surface area contributed by atoms with Crippen LogP contribution in [-0.2, 0) is 4.79 Å². The van der Waals surface area contributed by atoms with Crippen molar-refractivity contribution >= 4 is 41.1 Å². The molecule has 0 aliphatic heterocycles. The zero-order chi connectivity index (χ0) is 15.9. The van der Waals surface area contributed by atoms with E-state index >= 15 is 0 Å². The molecule has 112 valence electrons. The Kier molecular flexibility index (Phi) is 5.58. The lowest BCUT2D eigenvalue weighted by Crippen LogP contribution is -2.40. The molecule has 2 rings (SSSR count). The average molecular weight is 335 g/mol. The Morgan fingerprint density at radius 3 is 2.36 bits per heavy atom. The highest BCUT2D eigenvalue weighted by Crippen LogP contribution is 2.21. The highest BCUT2D eigenvalue weighted by atomic mass is 35.5. The Balaban J connectivity index is 1.90. The molecule has 0 atom stereocenters. The molecule has 0 heterocycles. The first-order valence-corrected chi connectivity index (χ1v) is 7.10. The second-order valence-electron chi connectivity index (χ2n) is 4.31. The Morgan fingerprint density at radius 1 is 0.955 bits per heavy atom. The molecule has 0 radical (unpaired) electrons. The van der Waals surface area contributed by atoms with Crippen LogP contribution < -0.4 is 10.9 Å². The van der Waals surface area contributed by atoms with Crippen LogP contribution in [0.4, 0.5) is 0 Å². The van der Waals surface area contributed by atoms with Crippen LogP contribution in [-0.4, -0.2) is 11.8 Å². The van der Waals surface area contributed by atoms with Crippen LogP contribution in [0.25, 0.3) is 6.08 Å². The standard InChI is InChI=1S/C16H12Cl2N2O2/c17-13-8-6-11(14(18)10-13)7-9-15(21)19-20-16(22)12-4-2-1-3-5-12/h1-10H,(H,19,21)(H,20,22)/b9-7+. The van der Waals surface area contributed by atoms with E-state index < -0.39 is 11.8 Å². The van der Waals surface area contributed by atoms with Gasteiger partial charge >= 0.3 is 0 Å². The van der Waals surface area contributed by atoms with Crippen LogP contribution in [0.15, 0.2) is 54.6 Å². The summed E-state index contributed by atoms with van der Waals surface area (Å²) in [6, 6.07) is 13.5. The number of hydrogen-bond acceptors (Lipinski definition) is 2. The monoisotopic (exact) mass is 334 g/mol. The summed E-state index contributed by atoms with van der Waals surface area (Å²) in [6.07, 6.45) is 2.79. The quantitative estimate of drug-likeness (QED) is 0.667. The summed E-state index contributed by atoms with van der Waals surface area (Å²) in [6.45, 7) is 0. The SMILES string of the molecule is O=C(/C=C/c1ccc(Cl)cc1Cl)NNC(=O)c1ccccc1. The van der Waals surface area contributed by atoms with Gasteiger partial charge in [0.15, 0.2) is 0 Å². The van der Waals surface area contributed by atoms with Crippen LogP contribution in [0.5, 0.6) is 0 Å². The Hall–Kier alpha value is -2.30. The number of carbonyl (C=O) groups excluding carboxylic acids is 2. The van der Waals surface area contributed by atoms with Crippen molar-refractivity contribution in [1.82, 2.24) is 10.9 Å². The van der Waals surface area contributed by atoms with E-state index in [1.165, 1.54) is 12.2 Å². The second-order valence-corrected chi connectivity index (χ2v) is 5.15. The molecule has 4 nitrogen and oxygen atoms in total. The number of halogens is 2. The lowest BCUT2D eigenvalue weighted by molar-refractivity contribution is -0.117. The fourth-order valence-corrected chi connectivity index (χ4v) is 2.10. The maximum atomic E-state index is 11.7. The lowest BCUT2D eigenvalue weighted by Gasteiger charge is -2.05. The predicted molar refractivity (Wildman–Crippen MR) is 87.5 cm³/mol. The summed E-state index contributed by atoms with van der Waals surface area (Å²) < 4.78 is 0. The van der Waals surface area contributed by atoms with Crippen LogP contribution in [0.3, 0.4) is 0 Å². The van der Waals surface area contributed by atoms with Crippen LogP contribution in [0, 0.1) is 0 Å². The van der Waals surface area contributed by atoms with Crippen molar-refractivity contribution in [2.45, 2.75) is 0 Å². The molecule has 22 heavy (non-hydrogen) atoms. The van der Waals surface area contributed by atoms with Gasteiger partial charge in [-0.3, -0.25) is 20.4 Å². The topological polar surface area (TPSA) is 58.2 Å². The molecule has 0 saturated heterocycles. The average Bonchev–Trinajstić information content (AvgIpc) is 2.52. The third-order valence-electron chi connectivity index (χ3n) is 2.71. The molecule has 2 aromatic carbocycles. The molecule has 0 aliphatic carbocycles. The van der Waals surface area contributed by atoms with Gasteiger partial charge in [-0.2, -0.15) is 0 Å². The normalized spacial score (nSPS) is 10.5. The van der Waals surface area contributed by atoms with Crippen molar-refractivity contribution in [2.24, 2.45) is 0 Å². The third-order valence-corrected chi connectivity index (χ3v) is 3.27. The molecule has 0 saturated carbocycles. The van der Waals surface area contributed by atoms with Gasteiger partial charge in [-0.25, -0.2) is 0 Å². The van der Waals surface area contributed by atoms with Crippen LogP contribution >= 0.6 is 23.2 Å². The minimum absolute atomic E-state index is 0.396. The zero-order valence-electron chi connectivity index (χ0n) is 11.3. The van der Waals surface area contributed by atoms with Crippen molar-refractivity contribution in [3.05, 3.63) is 75.8 Å². The number of hydrogen-bond donors (Lipinski definition) is 2. The Morgan fingerprint density at radius 2 is 1.68 bits per heavy atom. The molecule has 2 aromatic rings. The van der Waals surface area contributed by atoms with Crippen molar-refractivity contribution in [3.63, 3.8) is 0 Å². The number of hydrazine groups is 1. The molecule has 0 spiro atoms. The van der Waals surface area contributed by atoms with E-state index in [4.69, 9.17) is 23.2 Å². The summed E-state index contributed by atoms with van der Waals surface area (Å²) in [7, 11) is 0. The molecular formula is C16H12Cl2N2O2. The number of rotatable bonds is 3. The number of carbonyl (C=O) groups is 2. The molecule has 0 bridgehead atoms. The van der Waals surface area contributed by atoms with Gasteiger partial charge in [0, 0.05) is 21.7 Å². The maximum absolute atomic E-state index is 11.7. The van der Waals surface area contributed by atoms with E-state index in [2.05, 4.69) is 10.9 Å². The van der Waals surface area contributed by atoms with Gasteiger partial charge in [-0.05, 0) is 35.9 Å². The minimum atomic E-state index is -0.477. The molecule has 0 aromatic heterocycles. The summed E-state index contributed by atoms with van der Waals surface area (Å²) in [5.41, 5.74) is 5.70. The first kappa shape index (κ1) is 16.1. The van der Waals surface area contributed by atoms with Gasteiger partial charge in [0.05, 0.1) is 0 Å². The van der Waals surface area contributed by atoms with E-state index in [9.17, 15) is 9.59 Å². The van der Waals surface area contributed by atoms with E-state index in [-0.39, 0.29) is 0 Å². The molecule has 6 heteroatoms. The summed E-state index contributed by atoms with van der Waals surface area (Å²) in [4.78, 5) is 23.4. The van der Waals surface area contributed by atoms with Crippen molar-refractivity contribution in [1.29, 1.82) is 0 Å². The van der Waals surface area contributed by atoms with Gasteiger partial charge < -0.3 is 0 Å². The third kappa shape index (κ3) is 4.62. The molecule has 2 N–H and O–H groups in total. The lowest BCUT2D eigenvalue weighted by atomic mass is 10.2.